The van der Waals surface area contributed by atoms with Crippen molar-refractivity contribution in [2.24, 2.45) is 5.73 Å². The van der Waals surface area contributed by atoms with Crippen LogP contribution >= 0.6 is 0 Å². The maximum atomic E-state index is 14.7. The SMILES string of the molecule is N[C@@H]1c2nccnc2C(CC(=O)N2CCC(n3c(=O)[nH]c4ncccc43)CC2)=CC[C@H]1c1cccc(F)c1F. The van der Waals surface area contributed by atoms with Gasteiger partial charge in [-0.2, -0.15) is 0 Å². The maximum Gasteiger partial charge on any atom is 0.327 e. The number of pyridine rings is 1. The van der Waals surface area contributed by atoms with Crippen LogP contribution in [0, 0.1) is 11.6 Å². The van der Waals surface area contributed by atoms with Gasteiger partial charge in [0.15, 0.2) is 17.3 Å². The summed E-state index contributed by atoms with van der Waals surface area (Å²) in [5.74, 6) is -2.50. The Kier molecular flexibility index (Phi) is 6.51. The molecule has 4 heterocycles. The van der Waals surface area contributed by atoms with Gasteiger partial charge >= 0.3 is 5.69 Å². The highest BCUT2D eigenvalue weighted by Crippen LogP contribution is 2.40. The molecule has 1 aliphatic carbocycles. The third-order valence-corrected chi connectivity index (χ3v) is 7.79. The number of allylic oxidation sites excluding steroid dienone is 1. The second-order valence-corrected chi connectivity index (χ2v) is 9.99. The maximum absolute atomic E-state index is 14.7. The van der Waals surface area contributed by atoms with E-state index in [1.54, 1.807) is 21.7 Å². The first-order valence-electron chi connectivity index (χ1n) is 12.9. The second kappa shape index (κ2) is 10.1. The van der Waals surface area contributed by atoms with Crippen molar-refractivity contribution in [2.75, 3.05) is 13.1 Å². The van der Waals surface area contributed by atoms with Crippen LogP contribution in [0.15, 0.2) is 59.8 Å². The average molecular weight is 532 g/mol. The first-order valence-corrected chi connectivity index (χ1v) is 12.9. The second-order valence-electron chi connectivity index (χ2n) is 9.99. The number of aromatic amines is 1. The minimum absolute atomic E-state index is 0.0388. The van der Waals surface area contributed by atoms with E-state index in [9.17, 15) is 18.4 Å². The summed E-state index contributed by atoms with van der Waals surface area (Å²) < 4.78 is 30.4. The Balaban J connectivity index is 1.21. The predicted molar refractivity (Wildman–Crippen MR) is 140 cm³/mol. The summed E-state index contributed by atoms with van der Waals surface area (Å²) in [5.41, 5.74) is 9.44. The molecule has 11 heteroatoms. The van der Waals surface area contributed by atoms with Crippen LogP contribution in [0.1, 0.15) is 60.6 Å². The van der Waals surface area contributed by atoms with Crippen molar-refractivity contribution < 1.29 is 13.6 Å². The number of fused-ring (bicyclic) bond motifs is 2. The van der Waals surface area contributed by atoms with Gasteiger partial charge in [-0.15, -0.1) is 0 Å². The molecule has 0 unspecified atom stereocenters. The molecule has 200 valence electrons. The van der Waals surface area contributed by atoms with Gasteiger partial charge in [0.1, 0.15) is 0 Å². The van der Waals surface area contributed by atoms with E-state index in [2.05, 4.69) is 19.9 Å². The number of carbonyl (C=O) groups is 1. The smallest absolute Gasteiger partial charge is 0.327 e. The van der Waals surface area contributed by atoms with Crippen molar-refractivity contribution in [3.05, 3.63) is 94.1 Å². The highest BCUT2D eigenvalue weighted by Gasteiger charge is 2.33. The van der Waals surface area contributed by atoms with Gasteiger partial charge in [-0.3, -0.25) is 24.3 Å². The Bertz CT molecular complexity index is 1640. The fourth-order valence-electron chi connectivity index (χ4n) is 5.80. The fraction of sp³-hybridized carbons (Fsp3) is 0.321. The molecule has 1 amide bonds. The number of halogens is 2. The topological polar surface area (TPSA) is 123 Å². The third kappa shape index (κ3) is 4.52. The summed E-state index contributed by atoms with van der Waals surface area (Å²) in [6.07, 6.45) is 8.18. The van der Waals surface area contributed by atoms with Crippen LogP contribution in [-0.2, 0) is 4.79 Å². The summed E-state index contributed by atoms with van der Waals surface area (Å²) in [7, 11) is 0. The van der Waals surface area contributed by atoms with E-state index < -0.39 is 23.6 Å². The van der Waals surface area contributed by atoms with Crippen molar-refractivity contribution in [3.8, 4) is 0 Å². The molecule has 3 N–H and O–H groups in total. The number of nitrogens with zero attached hydrogens (tertiary/aromatic N) is 5. The Morgan fingerprint density at radius 2 is 1.85 bits per heavy atom. The lowest BCUT2D eigenvalue weighted by Crippen LogP contribution is -2.40. The van der Waals surface area contributed by atoms with Gasteiger partial charge in [0.05, 0.1) is 29.4 Å². The van der Waals surface area contributed by atoms with Crippen molar-refractivity contribution in [1.82, 2.24) is 29.4 Å². The number of nitrogens with one attached hydrogen (secondary N) is 1. The van der Waals surface area contributed by atoms with Crippen molar-refractivity contribution >= 4 is 22.6 Å². The molecule has 6 rings (SSSR count). The van der Waals surface area contributed by atoms with Crippen molar-refractivity contribution in [1.29, 1.82) is 0 Å². The molecule has 2 aliphatic rings. The normalized spacial score (nSPS) is 20.0. The lowest BCUT2D eigenvalue weighted by atomic mass is 9.87. The molecule has 0 spiro atoms. The summed E-state index contributed by atoms with van der Waals surface area (Å²) in [5, 5.41) is 0. The Hall–Kier alpha value is -4.25. The van der Waals surface area contributed by atoms with E-state index in [-0.39, 0.29) is 29.6 Å². The molecule has 39 heavy (non-hydrogen) atoms. The van der Waals surface area contributed by atoms with Crippen LogP contribution in [0.5, 0.6) is 0 Å². The lowest BCUT2D eigenvalue weighted by molar-refractivity contribution is -0.131. The highest BCUT2D eigenvalue weighted by atomic mass is 19.2. The van der Waals surface area contributed by atoms with Crippen LogP contribution in [-0.4, -0.2) is 48.4 Å². The summed E-state index contributed by atoms with van der Waals surface area (Å²) in [6.45, 7) is 1.00. The number of hydrogen-bond donors (Lipinski definition) is 2. The van der Waals surface area contributed by atoms with Gasteiger partial charge in [-0.25, -0.2) is 18.6 Å². The zero-order valence-electron chi connectivity index (χ0n) is 21.1. The molecular weight excluding hydrogens is 504 g/mol. The number of carbonyl (C=O) groups excluding carboxylic acids is 1. The van der Waals surface area contributed by atoms with E-state index in [4.69, 9.17) is 5.73 Å². The monoisotopic (exact) mass is 531 g/mol. The number of amides is 1. The Labute approximate surface area is 222 Å². The van der Waals surface area contributed by atoms with Gasteiger partial charge in [0.2, 0.25) is 5.91 Å². The van der Waals surface area contributed by atoms with Gasteiger partial charge < -0.3 is 10.6 Å². The van der Waals surface area contributed by atoms with Crippen LogP contribution in [0.4, 0.5) is 8.78 Å². The standard InChI is InChI=1S/C28H27F2N7O2/c29-20-4-1-3-18(23(20)30)19-7-6-16(25-26(24(19)31)33-12-11-32-25)15-22(38)36-13-8-17(9-14-36)37-21-5-2-10-34-27(21)35-28(37)39/h1-6,10-12,17,19,24H,7-9,13-15,31H2,(H,34,35,39)/t19-,24-/m0/s1. The quantitative estimate of drug-likeness (QED) is 0.415. The Morgan fingerprint density at radius 1 is 1.05 bits per heavy atom. The zero-order valence-corrected chi connectivity index (χ0v) is 21.1. The molecule has 4 aromatic rings. The van der Waals surface area contributed by atoms with Crippen LogP contribution in [0.2, 0.25) is 0 Å². The number of imidazole rings is 1. The van der Waals surface area contributed by atoms with Crippen LogP contribution in [0.3, 0.4) is 0 Å². The van der Waals surface area contributed by atoms with E-state index in [0.29, 0.717) is 55.0 Å². The molecule has 9 nitrogen and oxygen atoms in total. The largest absolute Gasteiger partial charge is 0.342 e. The summed E-state index contributed by atoms with van der Waals surface area (Å²) in [6, 6.07) is 6.96. The van der Waals surface area contributed by atoms with Crippen LogP contribution in [0.25, 0.3) is 16.7 Å². The molecule has 1 aliphatic heterocycles. The first-order chi connectivity index (χ1) is 18.9. The van der Waals surface area contributed by atoms with E-state index >= 15 is 0 Å². The summed E-state index contributed by atoms with van der Waals surface area (Å²) >= 11 is 0. The molecular formula is C28H27F2N7O2. The number of rotatable bonds is 4. The molecule has 1 fully saturated rings. The van der Waals surface area contributed by atoms with Gasteiger partial charge in [0, 0.05) is 43.6 Å². The number of nitrogens with two attached hydrogens (primary N) is 1. The van der Waals surface area contributed by atoms with E-state index in [1.165, 1.54) is 24.5 Å². The minimum atomic E-state index is -0.933. The Morgan fingerprint density at radius 3 is 2.67 bits per heavy atom. The third-order valence-electron chi connectivity index (χ3n) is 7.79. The predicted octanol–water partition coefficient (Wildman–Crippen LogP) is 3.62. The number of likely N-dealkylation sites (tertiary alicyclic amines) is 1. The number of H-pyrrole nitrogens is 1. The fourth-order valence-corrected chi connectivity index (χ4v) is 5.80. The molecule has 0 radical (unpaired) electrons. The molecule has 2 atom stereocenters. The van der Waals surface area contributed by atoms with Crippen molar-refractivity contribution in [2.45, 2.75) is 43.7 Å². The van der Waals surface area contributed by atoms with Gasteiger partial charge in [-0.1, -0.05) is 18.2 Å². The van der Waals surface area contributed by atoms with Gasteiger partial charge in [0.25, 0.3) is 0 Å². The number of benzene rings is 1. The number of aromatic nitrogens is 5. The lowest BCUT2D eigenvalue weighted by Gasteiger charge is -2.32. The first kappa shape index (κ1) is 25.1. The molecule has 1 saturated heterocycles. The number of hydrogen-bond acceptors (Lipinski definition) is 6. The van der Waals surface area contributed by atoms with E-state index in [0.717, 1.165) is 11.6 Å². The van der Waals surface area contributed by atoms with Crippen molar-refractivity contribution in [3.63, 3.8) is 0 Å². The van der Waals surface area contributed by atoms with Gasteiger partial charge in [-0.05, 0) is 48.6 Å². The molecule has 0 saturated carbocycles. The highest BCUT2D eigenvalue weighted by molar-refractivity contribution is 5.89. The molecule has 0 bridgehead atoms. The molecule has 3 aromatic heterocycles. The summed E-state index contributed by atoms with van der Waals surface area (Å²) in [4.78, 5) is 43.7. The number of piperidine rings is 1. The zero-order chi connectivity index (χ0) is 27.1. The van der Waals surface area contributed by atoms with E-state index in [1.807, 2.05) is 12.1 Å². The average Bonchev–Trinajstić information content (AvgIpc) is 3.23. The van der Waals surface area contributed by atoms with Crippen LogP contribution < -0.4 is 11.4 Å². The molecule has 1 aromatic carbocycles. The minimum Gasteiger partial charge on any atom is -0.342 e.